The van der Waals surface area contributed by atoms with E-state index in [1.165, 1.54) is 0 Å². The van der Waals surface area contributed by atoms with Crippen molar-refractivity contribution in [1.82, 2.24) is 10.2 Å². The molecular weight excluding hydrogens is 224 g/mol. The van der Waals surface area contributed by atoms with Gasteiger partial charge in [0.2, 0.25) is 5.91 Å². The molecule has 1 rings (SSSR count). The lowest BCUT2D eigenvalue weighted by Crippen LogP contribution is -2.42. The molecule has 104 valence electrons. The third-order valence-corrected chi connectivity index (χ3v) is 3.58. The zero-order valence-electron chi connectivity index (χ0n) is 12.3. The summed E-state index contributed by atoms with van der Waals surface area (Å²) >= 11 is 0. The third-order valence-electron chi connectivity index (χ3n) is 3.58. The summed E-state index contributed by atoms with van der Waals surface area (Å²) in [7, 11) is 0. The summed E-state index contributed by atoms with van der Waals surface area (Å²) in [6, 6.07) is 1.05. The first-order valence-electron chi connectivity index (χ1n) is 7.19. The van der Waals surface area contributed by atoms with E-state index in [0.717, 1.165) is 25.9 Å². The molecule has 0 spiro atoms. The lowest BCUT2D eigenvalue weighted by molar-refractivity contribution is -0.121. The van der Waals surface area contributed by atoms with E-state index in [1.807, 2.05) is 0 Å². The van der Waals surface area contributed by atoms with E-state index in [2.05, 4.69) is 50.1 Å². The fourth-order valence-electron chi connectivity index (χ4n) is 2.61. The molecule has 1 atom stereocenters. The van der Waals surface area contributed by atoms with Gasteiger partial charge >= 0.3 is 0 Å². The average Bonchev–Trinajstić information content (AvgIpc) is 2.75. The van der Waals surface area contributed by atoms with Gasteiger partial charge in [-0.3, -0.25) is 9.69 Å². The molecule has 0 aromatic heterocycles. The molecule has 0 fully saturated rings. The Bertz CT molecular complexity index is 276. The Morgan fingerprint density at radius 2 is 2.00 bits per heavy atom. The van der Waals surface area contributed by atoms with Crippen molar-refractivity contribution in [2.75, 3.05) is 13.1 Å². The van der Waals surface area contributed by atoms with Crippen LogP contribution in [0.5, 0.6) is 0 Å². The molecule has 0 saturated carbocycles. The molecule has 0 aromatic carbocycles. The molecule has 0 radical (unpaired) electrons. The second kappa shape index (κ2) is 7.57. The topological polar surface area (TPSA) is 32.3 Å². The van der Waals surface area contributed by atoms with Gasteiger partial charge in [-0.15, -0.1) is 0 Å². The van der Waals surface area contributed by atoms with E-state index in [-0.39, 0.29) is 5.91 Å². The van der Waals surface area contributed by atoms with Crippen LogP contribution in [0.1, 0.15) is 47.0 Å². The van der Waals surface area contributed by atoms with E-state index in [9.17, 15) is 4.79 Å². The van der Waals surface area contributed by atoms with Gasteiger partial charge in [0.1, 0.15) is 0 Å². The van der Waals surface area contributed by atoms with Gasteiger partial charge in [0, 0.05) is 31.6 Å². The van der Waals surface area contributed by atoms with Crippen molar-refractivity contribution in [3.63, 3.8) is 0 Å². The Kier molecular flexibility index (Phi) is 6.41. The highest BCUT2D eigenvalue weighted by Crippen LogP contribution is 2.19. The van der Waals surface area contributed by atoms with Gasteiger partial charge < -0.3 is 5.32 Å². The second-order valence-corrected chi connectivity index (χ2v) is 5.74. The van der Waals surface area contributed by atoms with Gasteiger partial charge in [0.25, 0.3) is 0 Å². The largest absolute Gasteiger partial charge is 0.355 e. The van der Waals surface area contributed by atoms with Crippen molar-refractivity contribution in [2.24, 2.45) is 5.92 Å². The number of hydrogen-bond donors (Lipinski definition) is 1. The van der Waals surface area contributed by atoms with Crippen LogP contribution in [-0.2, 0) is 4.79 Å². The van der Waals surface area contributed by atoms with Gasteiger partial charge in [-0.2, -0.15) is 0 Å². The lowest BCUT2D eigenvalue weighted by atomic mass is 10.1. The Balaban J connectivity index is 2.19. The predicted octanol–water partition coefficient (Wildman–Crippen LogP) is 2.58. The predicted molar refractivity (Wildman–Crippen MR) is 76.5 cm³/mol. The van der Waals surface area contributed by atoms with Crippen LogP contribution in [0.25, 0.3) is 0 Å². The highest BCUT2D eigenvalue weighted by molar-refractivity contribution is 5.76. The molecule has 1 unspecified atom stereocenters. The van der Waals surface area contributed by atoms with Crippen LogP contribution in [0.4, 0.5) is 0 Å². The molecule has 1 aliphatic rings. The zero-order valence-corrected chi connectivity index (χ0v) is 12.3. The Labute approximate surface area is 112 Å². The van der Waals surface area contributed by atoms with E-state index >= 15 is 0 Å². The molecule has 1 aliphatic carbocycles. The molecule has 0 bridgehead atoms. The van der Waals surface area contributed by atoms with Gasteiger partial charge in [-0.1, -0.05) is 12.2 Å². The number of allylic oxidation sites excluding steroid dienone is 2. The smallest absolute Gasteiger partial charge is 0.220 e. The van der Waals surface area contributed by atoms with Gasteiger partial charge in [0.15, 0.2) is 0 Å². The molecule has 0 aromatic rings. The summed E-state index contributed by atoms with van der Waals surface area (Å²) in [5, 5.41) is 3.04. The monoisotopic (exact) mass is 252 g/mol. The van der Waals surface area contributed by atoms with Gasteiger partial charge in [-0.25, -0.2) is 0 Å². The van der Waals surface area contributed by atoms with E-state index < -0.39 is 0 Å². The van der Waals surface area contributed by atoms with Gasteiger partial charge in [-0.05, 0) is 46.5 Å². The fourth-order valence-corrected chi connectivity index (χ4v) is 2.61. The first-order valence-corrected chi connectivity index (χ1v) is 7.19. The summed E-state index contributed by atoms with van der Waals surface area (Å²) in [6.45, 7) is 10.5. The number of nitrogens with zero attached hydrogens (tertiary/aromatic N) is 1. The zero-order chi connectivity index (χ0) is 13.5. The highest BCUT2D eigenvalue weighted by atomic mass is 16.1. The summed E-state index contributed by atoms with van der Waals surface area (Å²) in [5.41, 5.74) is 0. The maximum Gasteiger partial charge on any atom is 0.220 e. The minimum atomic E-state index is 0.194. The van der Waals surface area contributed by atoms with Crippen LogP contribution >= 0.6 is 0 Å². The molecular formula is C15H28N2O. The fraction of sp³-hybridized carbons (Fsp3) is 0.800. The summed E-state index contributed by atoms with van der Waals surface area (Å²) in [6.07, 6.45) is 7.27. The van der Waals surface area contributed by atoms with Crippen LogP contribution < -0.4 is 5.32 Å². The normalized spacial score (nSPS) is 19.2. The first kappa shape index (κ1) is 15.2. The van der Waals surface area contributed by atoms with Crippen molar-refractivity contribution >= 4 is 5.91 Å². The minimum Gasteiger partial charge on any atom is -0.355 e. The van der Waals surface area contributed by atoms with Crippen LogP contribution in [-0.4, -0.2) is 36.0 Å². The Hall–Kier alpha value is -0.830. The van der Waals surface area contributed by atoms with E-state index in [1.54, 1.807) is 0 Å². The molecule has 0 saturated heterocycles. The molecule has 18 heavy (non-hydrogen) atoms. The molecule has 3 nitrogen and oxygen atoms in total. The highest BCUT2D eigenvalue weighted by Gasteiger charge is 2.15. The van der Waals surface area contributed by atoms with Crippen LogP contribution in [0.2, 0.25) is 0 Å². The van der Waals surface area contributed by atoms with Crippen molar-refractivity contribution in [2.45, 2.75) is 59.0 Å². The third kappa shape index (κ3) is 5.21. The van der Waals surface area contributed by atoms with Crippen molar-refractivity contribution in [3.05, 3.63) is 12.2 Å². The lowest BCUT2D eigenvalue weighted by Gasteiger charge is -2.30. The SMILES string of the molecule is CC(C)N(CCNC(=O)CC1C=CCC1)C(C)C. The average molecular weight is 252 g/mol. The van der Waals surface area contributed by atoms with Crippen molar-refractivity contribution in [3.8, 4) is 0 Å². The quantitative estimate of drug-likeness (QED) is 0.706. The standard InChI is InChI=1S/C15H28N2O/c1-12(2)17(13(3)4)10-9-16-15(18)11-14-7-5-6-8-14/h5,7,12-14H,6,8-11H2,1-4H3,(H,16,18). The maximum absolute atomic E-state index is 11.8. The summed E-state index contributed by atoms with van der Waals surface area (Å²) in [4.78, 5) is 14.2. The summed E-state index contributed by atoms with van der Waals surface area (Å²) < 4.78 is 0. The van der Waals surface area contributed by atoms with Crippen LogP contribution in [0.15, 0.2) is 12.2 Å². The van der Waals surface area contributed by atoms with Gasteiger partial charge in [0.05, 0.1) is 0 Å². The number of amides is 1. The number of hydrogen-bond acceptors (Lipinski definition) is 2. The van der Waals surface area contributed by atoms with Crippen LogP contribution in [0.3, 0.4) is 0 Å². The Morgan fingerprint density at radius 3 is 2.50 bits per heavy atom. The summed E-state index contributed by atoms with van der Waals surface area (Å²) in [5.74, 6) is 0.662. The second-order valence-electron chi connectivity index (χ2n) is 5.74. The molecule has 0 aliphatic heterocycles. The molecule has 3 heteroatoms. The number of nitrogens with one attached hydrogen (secondary N) is 1. The first-order chi connectivity index (χ1) is 8.50. The number of carbonyl (C=O) groups is 1. The number of rotatable bonds is 7. The van der Waals surface area contributed by atoms with E-state index in [4.69, 9.17) is 0 Å². The Morgan fingerprint density at radius 1 is 1.33 bits per heavy atom. The van der Waals surface area contributed by atoms with Crippen molar-refractivity contribution in [1.29, 1.82) is 0 Å². The van der Waals surface area contributed by atoms with E-state index in [0.29, 0.717) is 24.4 Å². The minimum absolute atomic E-state index is 0.194. The maximum atomic E-state index is 11.8. The van der Waals surface area contributed by atoms with Crippen LogP contribution in [0, 0.1) is 5.92 Å². The molecule has 0 heterocycles. The number of carbonyl (C=O) groups excluding carboxylic acids is 1. The molecule has 1 amide bonds. The van der Waals surface area contributed by atoms with Crippen molar-refractivity contribution < 1.29 is 4.79 Å². The molecule has 1 N–H and O–H groups in total.